The molecule has 0 aliphatic carbocycles. The Morgan fingerprint density at radius 2 is 2.47 bits per heavy atom. The molecule has 2 aliphatic rings. The molecule has 1 aromatic rings. The van der Waals surface area contributed by atoms with E-state index in [9.17, 15) is 0 Å². The molecule has 3 nitrogen and oxygen atoms in total. The van der Waals surface area contributed by atoms with Gasteiger partial charge >= 0.3 is 0 Å². The number of nitrogens with zero attached hydrogens (tertiary/aromatic N) is 1. The summed E-state index contributed by atoms with van der Waals surface area (Å²) in [5.74, 6) is 4.03. The Kier molecular flexibility index (Phi) is 2.71. The van der Waals surface area contributed by atoms with E-state index in [-0.39, 0.29) is 0 Å². The Morgan fingerprint density at radius 1 is 1.47 bits per heavy atom. The van der Waals surface area contributed by atoms with Gasteiger partial charge in [0.2, 0.25) is 0 Å². The zero-order valence-electron chi connectivity index (χ0n) is 8.79. The third-order valence-corrected chi connectivity index (χ3v) is 4.28. The fraction of sp³-hybridized carbons (Fsp3) is 0.727. The largest absolute Gasteiger partial charge is 0.360 e. The summed E-state index contributed by atoms with van der Waals surface area (Å²) in [5.41, 5.74) is 2.62. The van der Waals surface area contributed by atoms with Crippen LogP contribution in [0.5, 0.6) is 0 Å². The SMILES string of the molecule is C1CNCC(c2onc3c2CSCC3)C1. The van der Waals surface area contributed by atoms with Crippen molar-refractivity contribution in [3.63, 3.8) is 0 Å². The quantitative estimate of drug-likeness (QED) is 0.791. The van der Waals surface area contributed by atoms with Crippen molar-refractivity contribution in [1.29, 1.82) is 0 Å². The van der Waals surface area contributed by atoms with Crippen LogP contribution in [0.15, 0.2) is 4.52 Å². The molecule has 0 radical (unpaired) electrons. The molecular formula is C11H16N2OS. The average molecular weight is 224 g/mol. The number of nitrogens with one attached hydrogen (secondary N) is 1. The number of rotatable bonds is 1. The van der Waals surface area contributed by atoms with Gasteiger partial charge in [0, 0.05) is 30.2 Å². The number of hydrogen-bond donors (Lipinski definition) is 1. The minimum atomic E-state index is 0.564. The molecule has 15 heavy (non-hydrogen) atoms. The Labute approximate surface area is 94.0 Å². The first-order valence-electron chi connectivity index (χ1n) is 5.71. The molecule has 0 amide bonds. The minimum Gasteiger partial charge on any atom is -0.360 e. The highest BCUT2D eigenvalue weighted by Crippen LogP contribution is 2.33. The highest BCUT2D eigenvalue weighted by atomic mass is 32.2. The highest BCUT2D eigenvalue weighted by Gasteiger charge is 2.26. The van der Waals surface area contributed by atoms with Gasteiger partial charge in [-0.1, -0.05) is 5.16 Å². The van der Waals surface area contributed by atoms with Gasteiger partial charge in [0.1, 0.15) is 5.76 Å². The molecule has 0 bridgehead atoms. The second kappa shape index (κ2) is 4.18. The third-order valence-electron chi connectivity index (χ3n) is 3.30. The number of aryl methyl sites for hydroxylation is 1. The molecular weight excluding hydrogens is 208 g/mol. The van der Waals surface area contributed by atoms with Crippen molar-refractivity contribution < 1.29 is 4.52 Å². The Bertz CT molecular complexity index is 344. The van der Waals surface area contributed by atoms with E-state index in [4.69, 9.17) is 4.52 Å². The van der Waals surface area contributed by atoms with Gasteiger partial charge in [-0.2, -0.15) is 11.8 Å². The van der Waals surface area contributed by atoms with Gasteiger partial charge in [-0.25, -0.2) is 0 Å². The van der Waals surface area contributed by atoms with Gasteiger partial charge in [0.05, 0.1) is 5.69 Å². The van der Waals surface area contributed by atoms with Crippen molar-refractivity contribution >= 4 is 11.8 Å². The van der Waals surface area contributed by atoms with Crippen molar-refractivity contribution in [3.8, 4) is 0 Å². The van der Waals surface area contributed by atoms with Crippen LogP contribution in [0.2, 0.25) is 0 Å². The van der Waals surface area contributed by atoms with Crippen LogP contribution in [0.4, 0.5) is 0 Å². The molecule has 1 N–H and O–H groups in total. The first-order valence-corrected chi connectivity index (χ1v) is 6.86. The Hall–Kier alpha value is -0.480. The molecule has 0 saturated carbocycles. The molecule has 0 spiro atoms. The second-order valence-corrected chi connectivity index (χ2v) is 5.42. The van der Waals surface area contributed by atoms with Gasteiger partial charge in [0.15, 0.2) is 0 Å². The predicted molar refractivity (Wildman–Crippen MR) is 61.2 cm³/mol. The van der Waals surface area contributed by atoms with Crippen LogP contribution in [-0.4, -0.2) is 24.0 Å². The van der Waals surface area contributed by atoms with Crippen LogP contribution in [0, 0.1) is 0 Å². The van der Waals surface area contributed by atoms with Crippen LogP contribution in [0.1, 0.15) is 35.8 Å². The zero-order valence-corrected chi connectivity index (χ0v) is 9.61. The standard InChI is InChI=1S/C11H16N2OS/c1-2-8(6-12-4-1)11-9-7-15-5-3-10(9)13-14-11/h8,12H,1-7H2. The van der Waals surface area contributed by atoms with Crippen LogP contribution >= 0.6 is 11.8 Å². The van der Waals surface area contributed by atoms with E-state index in [0.717, 1.165) is 25.3 Å². The molecule has 1 fully saturated rings. The van der Waals surface area contributed by atoms with E-state index in [0.29, 0.717) is 5.92 Å². The lowest BCUT2D eigenvalue weighted by Gasteiger charge is -2.21. The summed E-state index contributed by atoms with van der Waals surface area (Å²) in [5, 5.41) is 7.65. The summed E-state index contributed by atoms with van der Waals surface area (Å²) in [4.78, 5) is 0. The maximum atomic E-state index is 5.55. The van der Waals surface area contributed by atoms with E-state index in [1.54, 1.807) is 0 Å². The van der Waals surface area contributed by atoms with Gasteiger partial charge in [-0.3, -0.25) is 0 Å². The van der Waals surface area contributed by atoms with E-state index < -0.39 is 0 Å². The highest BCUT2D eigenvalue weighted by molar-refractivity contribution is 7.98. The molecule has 1 aromatic heterocycles. The van der Waals surface area contributed by atoms with E-state index in [1.165, 1.54) is 35.6 Å². The van der Waals surface area contributed by atoms with Crippen LogP contribution in [-0.2, 0) is 12.2 Å². The lowest BCUT2D eigenvalue weighted by atomic mass is 9.94. The summed E-state index contributed by atoms with van der Waals surface area (Å²) in [7, 11) is 0. The zero-order chi connectivity index (χ0) is 10.1. The average Bonchev–Trinajstić information content (AvgIpc) is 2.74. The topological polar surface area (TPSA) is 38.1 Å². The lowest BCUT2D eigenvalue weighted by Crippen LogP contribution is -2.28. The van der Waals surface area contributed by atoms with Crippen molar-refractivity contribution in [2.24, 2.45) is 0 Å². The molecule has 2 aliphatic heterocycles. The summed E-state index contributed by atoms with van der Waals surface area (Å²) in [6.45, 7) is 2.22. The van der Waals surface area contributed by atoms with E-state index >= 15 is 0 Å². The Balaban J connectivity index is 1.87. The van der Waals surface area contributed by atoms with Gasteiger partial charge in [-0.05, 0) is 25.1 Å². The summed E-state index contributed by atoms with van der Waals surface area (Å²) >= 11 is 2.00. The summed E-state index contributed by atoms with van der Waals surface area (Å²) in [6.07, 6.45) is 3.59. The first-order chi connectivity index (χ1) is 7.45. The van der Waals surface area contributed by atoms with E-state index in [2.05, 4.69) is 10.5 Å². The molecule has 4 heteroatoms. The summed E-state index contributed by atoms with van der Waals surface area (Å²) < 4.78 is 5.55. The van der Waals surface area contributed by atoms with Gasteiger partial charge in [0.25, 0.3) is 0 Å². The first kappa shape index (κ1) is 9.73. The van der Waals surface area contributed by atoms with Gasteiger partial charge in [-0.15, -0.1) is 0 Å². The van der Waals surface area contributed by atoms with Crippen LogP contribution in [0.3, 0.4) is 0 Å². The van der Waals surface area contributed by atoms with Crippen molar-refractivity contribution in [2.45, 2.75) is 30.9 Å². The molecule has 0 aromatic carbocycles. The summed E-state index contributed by atoms with van der Waals surface area (Å²) in [6, 6.07) is 0. The van der Waals surface area contributed by atoms with Crippen LogP contribution < -0.4 is 5.32 Å². The predicted octanol–water partition coefficient (Wildman–Crippen LogP) is 1.93. The third kappa shape index (κ3) is 1.81. The maximum absolute atomic E-state index is 5.55. The molecule has 3 heterocycles. The molecule has 1 unspecified atom stereocenters. The monoisotopic (exact) mass is 224 g/mol. The molecule has 82 valence electrons. The van der Waals surface area contributed by atoms with Crippen molar-refractivity contribution in [1.82, 2.24) is 10.5 Å². The normalized spacial score (nSPS) is 26.3. The Morgan fingerprint density at radius 3 is 3.33 bits per heavy atom. The van der Waals surface area contributed by atoms with Gasteiger partial charge < -0.3 is 9.84 Å². The molecule has 3 rings (SSSR count). The van der Waals surface area contributed by atoms with Crippen LogP contribution in [0.25, 0.3) is 0 Å². The lowest BCUT2D eigenvalue weighted by molar-refractivity contribution is 0.326. The van der Waals surface area contributed by atoms with Crippen molar-refractivity contribution in [3.05, 3.63) is 17.0 Å². The fourth-order valence-corrected chi connectivity index (χ4v) is 3.44. The van der Waals surface area contributed by atoms with Crippen molar-refractivity contribution in [2.75, 3.05) is 18.8 Å². The van der Waals surface area contributed by atoms with E-state index in [1.807, 2.05) is 11.8 Å². The number of aromatic nitrogens is 1. The smallest absolute Gasteiger partial charge is 0.145 e. The number of fused-ring (bicyclic) bond motifs is 1. The number of thioether (sulfide) groups is 1. The second-order valence-electron chi connectivity index (χ2n) is 4.32. The maximum Gasteiger partial charge on any atom is 0.145 e. The molecule has 1 saturated heterocycles. The number of hydrogen-bond acceptors (Lipinski definition) is 4. The fourth-order valence-electron chi connectivity index (χ4n) is 2.45. The molecule has 1 atom stereocenters. The number of piperidine rings is 1. The minimum absolute atomic E-state index is 0.564.